The first-order chi connectivity index (χ1) is 10.4. The first-order valence-electron chi connectivity index (χ1n) is 7.36. The molecule has 2 unspecified atom stereocenters. The van der Waals surface area contributed by atoms with Crippen LogP contribution >= 0.6 is 0 Å². The van der Waals surface area contributed by atoms with E-state index in [0.717, 1.165) is 12.0 Å². The molecule has 1 aromatic carbocycles. The normalized spacial score (nSPS) is 15.1. The fourth-order valence-corrected chi connectivity index (χ4v) is 2.13. The fourth-order valence-electron chi connectivity index (χ4n) is 2.13. The van der Waals surface area contributed by atoms with Crippen molar-refractivity contribution in [1.82, 2.24) is 15.5 Å². The molecule has 6 nitrogen and oxygen atoms in total. The predicted molar refractivity (Wildman–Crippen MR) is 81.8 cm³/mol. The van der Waals surface area contributed by atoms with E-state index < -0.39 is 17.6 Å². The highest BCUT2D eigenvalue weighted by Crippen LogP contribution is 2.20. The van der Waals surface area contributed by atoms with Crippen molar-refractivity contribution < 1.29 is 14.4 Å². The van der Waals surface area contributed by atoms with Crippen molar-refractivity contribution in [3.05, 3.63) is 36.2 Å². The first-order valence-corrected chi connectivity index (χ1v) is 7.36. The molecule has 0 aliphatic carbocycles. The van der Waals surface area contributed by atoms with Crippen molar-refractivity contribution in [1.29, 1.82) is 0 Å². The van der Waals surface area contributed by atoms with Crippen molar-refractivity contribution in [3.63, 3.8) is 0 Å². The van der Waals surface area contributed by atoms with E-state index in [1.54, 1.807) is 6.92 Å². The van der Waals surface area contributed by atoms with Crippen LogP contribution in [0.4, 0.5) is 0 Å². The maximum Gasteiger partial charge on any atom is 0.257 e. The van der Waals surface area contributed by atoms with Gasteiger partial charge in [-0.05, 0) is 32.4 Å². The molecule has 1 aromatic heterocycles. The van der Waals surface area contributed by atoms with Gasteiger partial charge >= 0.3 is 0 Å². The van der Waals surface area contributed by atoms with Gasteiger partial charge in [0.05, 0.1) is 6.04 Å². The molecule has 6 heteroatoms. The van der Waals surface area contributed by atoms with Crippen LogP contribution in [-0.2, 0) is 4.79 Å². The van der Waals surface area contributed by atoms with Gasteiger partial charge in [0.2, 0.25) is 0 Å². The number of rotatable bonds is 6. The molecule has 1 heterocycles. The lowest BCUT2D eigenvalue weighted by Crippen LogP contribution is -2.45. The highest BCUT2D eigenvalue weighted by molar-refractivity contribution is 5.84. The Hall–Kier alpha value is -2.21. The minimum absolute atomic E-state index is 0.375. The van der Waals surface area contributed by atoms with E-state index in [9.17, 15) is 9.90 Å². The summed E-state index contributed by atoms with van der Waals surface area (Å²) in [6.07, 6.45) is 1.11. The Morgan fingerprint density at radius 1 is 1.41 bits per heavy atom. The smallest absolute Gasteiger partial charge is 0.257 e. The zero-order valence-corrected chi connectivity index (χ0v) is 13.0. The number of aromatic nitrogens is 2. The summed E-state index contributed by atoms with van der Waals surface area (Å²) in [5.74, 6) is 0.337. The molecule has 2 atom stereocenters. The van der Waals surface area contributed by atoms with E-state index in [1.807, 2.05) is 37.3 Å². The van der Waals surface area contributed by atoms with E-state index in [0.29, 0.717) is 18.1 Å². The molecule has 2 aromatic rings. The van der Waals surface area contributed by atoms with Crippen LogP contribution in [0.5, 0.6) is 0 Å². The molecule has 0 spiro atoms. The quantitative estimate of drug-likeness (QED) is 0.856. The van der Waals surface area contributed by atoms with Gasteiger partial charge in [0, 0.05) is 5.56 Å². The molecule has 2 rings (SSSR count). The highest BCUT2D eigenvalue weighted by atomic mass is 16.5. The van der Waals surface area contributed by atoms with E-state index in [1.165, 1.54) is 6.92 Å². The van der Waals surface area contributed by atoms with Gasteiger partial charge in [-0.1, -0.05) is 36.7 Å². The second-order valence-corrected chi connectivity index (χ2v) is 5.54. The van der Waals surface area contributed by atoms with Gasteiger partial charge in [0.25, 0.3) is 11.8 Å². The average molecular weight is 303 g/mol. The van der Waals surface area contributed by atoms with Crippen LogP contribution in [0.1, 0.15) is 45.5 Å². The van der Waals surface area contributed by atoms with E-state index in [-0.39, 0.29) is 0 Å². The number of hydrogen-bond donors (Lipinski definition) is 2. The summed E-state index contributed by atoms with van der Waals surface area (Å²) in [4.78, 5) is 16.4. The first kappa shape index (κ1) is 16.2. The predicted octanol–water partition coefficient (Wildman–Crippen LogP) is 2.46. The van der Waals surface area contributed by atoms with Crippen molar-refractivity contribution in [2.45, 2.75) is 45.3 Å². The monoisotopic (exact) mass is 303 g/mol. The molecule has 1 amide bonds. The molecular weight excluding hydrogens is 282 g/mol. The number of benzene rings is 1. The summed E-state index contributed by atoms with van der Waals surface area (Å²) in [6.45, 7) is 5.17. The van der Waals surface area contributed by atoms with Crippen LogP contribution < -0.4 is 5.32 Å². The van der Waals surface area contributed by atoms with Crippen LogP contribution in [0.25, 0.3) is 11.5 Å². The van der Waals surface area contributed by atoms with Crippen LogP contribution in [0.2, 0.25) is 0 Å². The maximum absolute atomic E-state index is 12.1. The second-order valence-electron chi connectivity index (χ2n) is 5.54. The number of carbonyl (C=O) groups is 1. The number of aliphatic hydroxyl groups is 1. The Labute approximate surface area is 129 Å². The Balaban J connectivity index is 2.06. The van der Waals surface area contributed by atoms with Crippen molar-refractivity contribution >= 4 is 5.91 Å². The molecule has 118 valence electrons. The topological polar surface area (TPSA) is 88.2 Å². The lowest BCUT2D eigenvalue weighted by atomic mass is 9.99. The minimum Gasteiger partial charge on any atom is -0.380 e. The summed E-state index contributed by atoms with van der Waals surface area (Å²) in [6, 6.07) is 8.95. The van der Waals surface area contributed by atoms with Crippen molar-refractivity contribution in [2.24, 2.45) is 0 Å². The maximum atomic E-state index is 12.1. The Morgan fingerprint density at radius 2 is 2.09 bits per heavy atom. The second kappa shape index (κ2) is 6.70. The molecule has 0 fully saturated rings. The minimum atomic E-state index is -1.39. The summed E-state index contributed by atoms with van der Waals surface area (Å²) >= 11 is 0. The number of carbonyl (C=O) groups excluding carboxylic acids is 1. The Kier molecular flexibility index (Phi) is 4.92. The Morgan fingerprint density at radius 3 is 2.73 bits per heavy atom. The summed E-state index contributed by atoms with van der Waals surface area (Å²) in [5.41, 5.74) is -0.576. The molecule has 22 heavy (non-hydrogen) atoms. The van der Waals surface area contributed by atoms with Crippen LogP contribution in [-0.4, -0.2) is 26.8 Å². The van der Waals surface area contributed by atoms with Gasteiger partial charge in [-0.15, -0.1) is 0 Å². The summed E-state index contributed by atoms with van der Waals surface area (Å²) in [5, 5.41) is 16.7. The van der Waals surface area contributed by atoms with Gasteiger partial charge < -0.3 is 14.9 Å². The third-order valence-corrected chi connectivity index (χ3v) is 3.42. The zero-order valence-electron chi connectivity index (χ0n) is 13.0. The lowest BCUT2D eigenvalue weighted by molar-refractivity contribution is -0.139. The van der Waals surface area contributed by atoms with Crippen molar-refractivity contribution in [2.75, 3.05) is 0 Å². The fraction of sp³-hybridized carbons (Fsp3) is 0.438. The molecule has 0 aliphatic rings. The summed E-state index contributed by atoms with van der Waals surface area (Å²) in [7, 11) is 0. The van der Waals surface area contributed by atoms with E-state index in [2.05, 4.69) is 15.5 Å². The number of hydrogen-bond acceptors (Lipinski definition) is 5. The average Bonchev–Trinajstić information content (AvgIpc) is 2.98. The molecule has 0 bridgehead atoms. The van der Waals surface area contributed by atoms with Crippen LogP contribution in [0.3, 0.4) is 0 Å². The highest BCUT2D eigenvalue weighted by Gasteiger charge is 2.31. The lowest BCUT2D eigenvalue weighted by Gasteiger charge is -2.23. The third-order valence-electron chi connectivity index (χ3n) is 3.42. The van der Waals surface area contributed by atoms with Crippen LogP contribution in [0, 0.1) is 0 Å². The van der Waals surface area contributed by atoms with Gasteiger partial charge in [0.15, 0.2) is 5.82 Å². The van der Waals surface area contributed by atoms with E-state index in [4.69, 9.17) is 4.52 Å². The Bertz CT molecular complexity index is 623. The van der Waals surface area contributed by atoms with Crippen LogP contribution in [0.15, 0.2) is 34.9 Å². The largest absolute Gasteiger partial charge is 0.380 e. The third kappa shape index (κ3) is 3.71. The molecule has 2 N–H and O–H groups in total. The zero-order chi connectivity index (χ0) is 16.2. The number of amides is 1. The standard InChI is InChI=1S/C16H21N3O3/c1-4-10-16(3,21)15(20)17-11(2)13-18-14(22-19-13)12-8-6-5-7-9-12/h5-9,11,21H,4,10H2,1-3H3,(H,17,20). The molecule has 0 aliphatic heterocycles. The van der Waals surface area contributed by atoms with Gasteiger partial charge in [0.1, 0.15) is 5.60 Å². The van der Waals surface area contributed by atoms with Gasteiger partial charge in [-0.25, -0.2) is 0 Å². The SMILES string of the molecule is CCCC(C)(O)C(=O)NC(C)c1noc(-c2ccccc2)n1. The molecule has 0 saturated carbocycles. The van der Waals surface area contributed by atoms with Crippen molar-refractivity contribution in [3.8, 4) is 11.5 Å². The molecular formula is C16H21N3O3. The van der Waals surface area contributed by atoms with Gasteiger partial charge in [-0.3, -0.25) is 4.79 Å². The summed E-state index contributed by atoms with van der Waals surface area (Å²) < 4.78 is 5.21. The number of nitrogens with one attached hydrogen (secondary N) is 1. The molecule has 0 saturated heterocycles. The van der Waals surface area contributed by atoms with E-state index >= 15 is 0 Å². The van der Waals surface area contributed by atoms with Gasteiger partial charge in [-0.2, -0.15) is 4.98 Å². The number of nitrogens with zero attached hydrogens (tertiary/aromatic N) is 2. The molecule has 0 radical (unpaired) electrons.